The normalized spacial score (nSPS) is 13.1. The quantitative estimate of drug-likeness (QED) is 0.576. The molecule has 6 nitrogen and oxygen atoms in total. The number of unbranched alkanes of at least 4 members (excludes halogenated alkanes) is 1. The Morgan fingerprint density at radius 3 is 2.28 bits per heavy atom. The highest BCUT2D eigenvalue weighted by molar-refractivity contribution is 7.90. The largest absolute Gasteiger partial charge is 0.326 e. The number of amides is 1. The fourth-order valence-corrected chi connectivity index (χ4v) is 4.01. The van der Waals surface area contributed by atoms with Crippen molar-refractivity contribution in [3.8, 4) is 11.1 Å². The van der Waals surface area contributed by atoms with Gasteiger partial charge in [-0.2, -0.15) is 0 Å². The molecule has 0 aromatic heterocycles. The number of rotatable bonds is 7. The molecule has 0 saturated heterocycles. The first-order chi connectivity index (χ1) is 13.6. The van der Waals surface area contributed by atoms with E-state index < -0.39 is 14.8 Å². The monoisotopic (exact) mass is 414 g/mol. The third kappa shape index (κ3) is 4.57. The maximum absolute atomic E-state index is 12.6. The van der Waals surface area contributed by atoms with Gasteiger partial charge in [0.25, 0.3) is 0 Å². The van der Waals surface area contributed by atoms with Crippen molar-refractivity contribution in [3.05, 3.63) is 53.6 Å². The van der Waals surface area contributed by atoms with Crippen molar-refractivity contribution in [2.75, 3.05) is 11.9 Å². The molecule has 1 aliphatic rings. The van der Waals surface area contributed by atoms with Gasteiger partial charge in [-0.1, -0.05) is 30.3 Å². The van der Waals surface area contributed by atoms with Crippen molar-refractivity contribution in [1.82, 2.24) is 4.72 Å². The minimum atomic E-state index is -3.36. The lowest BCUT2D eigenvalue weighted by Gasteiger charge is -2.19. The molecule has 0 bridgehead atoms. The molecule has 0 radical (unpaired) electrons. The first kappa shape index (κ1) is 21.2. The molecule has 0 saturated carbocycles. The molecule has 2 N–H and O–H groups in total. The van der Waals surface area contributed by atoms with Crippen LogP contribution in [0.5, 0.6) is 0 Å². The molecule has 7 heteroatoms. The van der Waals surface area contributed by atoms with Crippen LogP contribution in [0.15, 0.2) is 42.5 Å². The van der Waals surface area contributed by atoms with Crippen molar-refractivity contribution in [2.45, 2.75) is 44.8 Å². The van der Waals surface area contributed by atoms with Crippen LogP contribution < -0.4 is 10.0 Å². The predicted molar refractivity (Wildman–Crippen MR) is 114 cm³/mol. The molecule has 1 aliphatic carbocycles. The second kappa shape index (κ2) is 8.08. The van der Waals surface area contributed by atoms with Gasteiger partial charge in [-0.25, -0.2) is 13.1 Å². The van der Waals surface area contributed by atoms with E-state index in [2.05, 4.69) is 10.0 Å². The molecule has 3 rings (SSSR count). The first-order valence-electron chi connectivity index (χ1n) is 9.67. The van der Waals surface area contributed by atoms with E-state index in [1.807, 2.05) is 30.3 Å². The highest BCUT2D eigenvalue weighted by atomic mass is 32.2. The molecule has 0 unspecified atom stereocenters. The Balaban J connectivity index is 1.51. The summed E-state index contributed by atoms with van der Waals surface area (Å²) in [6, 6.07) is 12.8. The molecule has 0 aliphatic heterocycles. The van der Waals surface area contributed by atoms with Crippen molar-refractivity contribution < 1.29 is 18.0 Å². The van der Waals surface area contributed by atoms with Crippen LogP contribution in [0.4, 0.5) is 5.69 Å². The second-order valence-corrected chi connectivity index (χ2v) is 10.7. The summed E-state index contributed by atoms with van der Waals surface area (Å²) in [4.78, 5) is 24.7. The van der Waals surface area contributed by atoms with E-state index in [-0.39, 0.29) is 18.1 Å². The minimum absolute atomic E-state index is 0.0298. The number of hydrogen-bond acceptors (Lipinski definition) is 4. The van der Waals surface area contributed by atoms with Gasteiger partial charge >= 0.3 is 0 Å². The van der Waals surface area contributed by atoms with E-state index in [0.29, 0.717) is 36.2 Å². The summed E-state index contributed by atoms with van der Waals surface area (Å²) in [6.07, 6.45) is 1.41. The molecule has 1 amide bonds. The Kier molecular flexibility index (Phi) is 5.91. The molecule has 2 aromatic rings. The number of ketones is 1. The number of nitrogens with one attached hydrogen (secondary N) is 2. The maximum Gasteiger partial charge on any atom is 0.224 e. The summed E-state index contributed by atoms with van der Waals surface area (Å²) in [5, 5.41) is 2.82. The summed E-state index contributed by atoms with van der Waals surface area (Å²) in [5.41, 5.74) is 3.67. The average Bonchev–Trinajstić information content (AvgIpc) is 2.93. The molecule has 0 spiro atoms. The number of sulfonamides is 1. The fraction of sp³-hybridized carbons (Fsp3) is 0.364. The standard InChI is InChI=1S/C22H26N2O4S/c1-22(2,3)29(27,28)23-13-7-6-10-20(25)24-15-11-12-17-16-8-4-5-9-18(16)21(26)19(17)14-15/h4-5,8-9,11-12,14,23H,6-7,10,13H2,1-3H3,(H,24,25). The molecular weight excluding hydrogens is 388 g/mol. The Bertz CT molecular complexity index is 1050. The van der Waals surface area contributed by atoms with Crippen LogP contribution in [0.3, 0.4) is 0 Å². The zero-order chi connectivity index (χ0) is 21.2. The van der Waals surface area contributed by atoms with E-state index >= 15 is 0 Å². The van der Waals surface area contributed by atoms with Gasteiger partial charge in [0, 0.05) is 29.8 Å². The Hall–Kier alpha value is -2.51. The summed E-state index contributed by atoms with van der Waals surface area (Å²) in [7, 11) is -3.36. The Labute approximate surface area is 171 Å². The van der Waals surface area contributed by atoms with Crippen LogP contribution in [-0.2, 0) is 14.8 Å². The highest BCUT2D eigenvalue weighted by Gasteiger charge is 2.28. The third-order valence-electron chi connectivity index (χ3n) is 4.94. The fourth-order valence-electron chi connectivity index (χ4n) is 3.16. The van der Waals surface area contributed by atoms with Crippen molar-refractivity contribution in [3.63, 3.8) is 0 Å². The van der Waals surface area contributed by atoms with Crippen molar-refractivity contribution in [2.24, 2.45) is 0 Å². The van der Waals surface area contributed by atoms with E-state index in [1.54, 1.807) is 32.9 Å². The molecule has 29 heavy (non-hydrogen) atoms. The third-order valence-corrected chi connectivity index (χ3v) is 7.14. The lowest BCUT2D eigenvalue weighted by Crippen LogP contribution is -2.39. The van der Waals surface area contributed by atoms with Crippen molar-refractivity contribution in [1.29, 1.82) is 0 Å². The van der Waals surface area contributed by atoms with Crippen LogP contribution >= 0.6 is 0 Å². The summed E-state index contributed by atoms with van der Waals surface area (Å²) in [6.45, 7) is 5.23. The van der Waals surface area contributed by atoms with Crippen LogP contribution in [0.1, 0.15) is 56.0 Å². The maximum atomic E-state index is 12.6. The Morgan fingerprint density at radius 2 is 1.59 bits per heavy atom. The van der Waals surface area contributed by atoms with Crippen LogP contribution in [0.25, 0.3) is 11.1 Å². The molecule has 2 aromatic carbocycles. The second-order valence-electron chi connectivity index (χ2n) is 8.15. The molecule has 0 fully saturated rings. The smallest absolute Gasteiger partial charge is 0.224 e. The van der Waals surface area contributed by atoms with Gasteiger partial charge in [0.2, 0.25) is 15.9 Å². The van der Waals surface area contributed by atoms with Crippen LogP contribution in [0, 0.1) is 0 Å². The zero-order valence-corrected chi connectivity index (χ0v) is 17.7. The molecule has 0 heterocycles. The first-order valence-corrected chi connectivity index (χ1v) is 11.2. The number of benzene rings is 2. The number of fused-ring (bicyclic) bond motifs is 3. The topological polar surface area (TPSA) is 92.3 Å². The molecular formula is C22H26N2O4S. The minimum Gasteiger partial charge on any atom is -0.326 e. The van der Waals surface area contributed by atoms with Gasteiger partial charge in [0.15, 0.2) is 5.78 Å². The summed E-state index contributed by atoms with van der Waals surface area (Å²) >= 11 is 0. The van der Waals surface area contributed by atoms with Gasteiger partial charge in [-0.3, -0.25) is 9.59 Å². The van der Waals surface area contributed by atoms with Crippen LogP contribution in [0.2, 0.25) is 0 Å². The summed E-state index contributed by atoms with van der Waals surface area (Å²) in [5.74, 6) is -0.190. The van der Waals surface area contributed by atoms with E-state index in [9.17, 15) is 18.0 Å². The zero-order valence-electron chi connectivity index (χ0n) is 16.9. The van der Waals surface area contributed by atoms with Gasteiger partial charge in [-0.15, -0.1) is 0 Å². The van der Waals surface area contributed by atoms with Gasteiger partial charge in [-0.05, 0) is 56.9 Å². The lowest BCUT2D eigenvalue weighted by molar-refractivity contribution is -0.116. The summed E-state index contributed by atoms with van der Waals surface area (Å²) < 4.78 is 25.7. The van der Waals surface area contributed by atoms with Gasteiger partial charge in [0.1, 0.15) is 0 Å². The SMILES string of the molecule is CC(C)(C)S(=O)(=O)NCCCCC(=O)Nc1ccc2c(c1)C(=O)c1ccccc1-2. The number of hydrogen-bond donors (Lipinski definition) is 2. The van der Waals surface area contributed by atoms with E-state index in [0.717, 1.165) is 11.1 Å². The van der Waals surface area contributed by atoms with Gasteiger partial charge < -0.3 is 5.32 Å². The Morgan fingerprint density at radius 1 is 0.931 bits per heavy atom. The van der Waals surface area contributed by atoms with E-state index in [1.165, 1.54) is 0 Å². The molecule has 154 valence electrons. The van der Waals surface area contributed by atoms with Gasteiger partial charge in [0.05, 0.1) is 4.75 Å². The van der Waals surface area contributed by atoms with Crippen LogP contribution in [-0.4, -0.2) is 31.4 Å². The average molecular weight is 415 g/mol. The van der Waals surface area contributed by atoms with E-state index in [4.69, 9.17) is 0 Å². The number of carbonyl (C=O) groups excluding carboxylic acids is 2. The highest BCUT2D eigenvalue weighted by Crippen LogP contribution is 2.37. The van der Waals surface area contributed by atoms with Crippen molar-refractivity contribution >= 4 is 27.4 Å². The predicted octanol–water partition coefficient (Wildman–Crippen LogP) is 3.72. The molecule has 0 atom stereocenters. The number of carbonyl (C=O) groups is 2. The number of anilines is 1. The lowest BCUT2D eigenvalue weighted by atomic mass is 10.1.